The molecule has 1 aliphatic heterocycles. The first-order chi connectivity index (χ1) is 14.5. The number of hydrogen-bond acceptors (Lipinski definition) is 6. The average molecular weight is 471 g/mol. The van der Waals surface area contributed by atoms with Crippen LogP contribution in [0.15, 0.2) is 57.5 Å². The van der Waals surface area contributed by atoms with Crippen LogP contribution in [0.3, 0.4) is 0 Å². The first kappa shape index (κ1) is 20.4. The zero-order valence-electron chi connectivity index (χ0n) is 16.9. The number of hydrogen-bond donors (Lipinski definition) is 0. The molecule has 0 saturated carbocycles. The Balaban J connectivity index is 1.45. The van der Waals surface area contributed by atoms with Crippen LogP contribution in [-0.2, 0) is 4.79 Å². The summed E-state index contributed by atoms with van der Waals surface area (Å²) in [5, 5.41) is 4.11. The minimum absolute atomic E-state index is 0.0944. The van der Waals surface area contributed by atoms with Crippen molar-refractivity contribution in [3.8, 4) is 17.1 Å². The lowest BCUT2D eigenvalue weighted by atomic mass is 9.96. The van der Waals surface area contributed by atoms with Gasteiger partial charge in [0.15, 0.2) is 0 Å². The topological polar surface area (TPSA) is 71.7 Å². The Hall–Kier alpha value is -2.87. The molecule has 2 heterocycles. The number of carbonyl (C=O) groups is 1. The van der Waals surface area contributed by atoms with E-state index in [2.05, 4.69) is 26.1 Å². The van der Waals surface area contributed by atoms with Crippen molar-refractivity contribution in [2.24, 2.45) is 5.92 Å². The van der Waals surface area contributed by atoms with Gasteiger partial charge in [0.1, 0.15) is 5.75 Å². The quantitative estimate of drug-likeness (QED) is 0.550. The van der Waals surface area contributed by atoms with Gasteiger partial charge < -0.3 is 19.1 Å². The number of amides is 1. The van der Waals surface area contributed by atoms with E-state index in [4.69, 9.17) is 9.26 Å². The van der Waals surface area contributed by atoms with E-state index in [-0.39, 0.29) is 11.8 Å². The highest BCUT2D eigenvalue weighted by Crippen LogP contribution is 2.27. The van der Waals surface area contributed by atoms with E-state index in [0.29, 0.717) is 18.4 Å². The number of anilines is 2. The zero-order valence-corrected chi connectivity index (χ0v) is 18.5. The van der Waals surface area contributed by atoms with Crippen molar-refractivity contribution in [2.45, 2.75) is 12.8 Å². The summed E-state index contributed by atoms with van der Waals surface area (Å²) in [5.74, 6) is 1.27. The van der Waals surface area contributed by atoms with E-state index in [1.165, 1.54) is 0 Å². The van der Waals surface area contributed by atoms with Gasteiger partial charge in [0.05, 0.1) is 13.0 Å². The van der Waals surface area contributed by atoms with Crippen molar-refractivity contribution in [3.05, 3.63) is 53.0 Å². The highest BCUT2D eigenvalue weighted by molar-refractivity contribution is 9.10. The van der Waals surface area contributed by atoms with Gasteiger partial charge in [-0.2, -0.15) is 4.98 Å². The van der Waals surface area contributed by atoms with Gasteiger partial charge in [-0.25, -0.2) is 0 Å². The van der Waals surface area contributed by atoms with Crippen LogP contribution in [0.4, 0.5) is 11.7 Å². The summed E-state index contributed by atoms with van der Waals surface area (Å²) < 4.78 is 11.7. The molecule has 0 unspecified atom stereocenters. The average Bonchev–Trinajstić information content (AvgIpc) is 3.29. The zero-order chi connectivity index (χ0) is 21.1. The van der Waals surface area contributed by atoms with Gasteiger partial charge in [-0.3, -0.25) is 4.79 Å². The predicted octanol–water partition coefficient (Wildman–Crippen LogP) is 4.39. The monoisotopic (exact) mass is 470 g/mol. The third-order valence-electron chi connectivity index (χ3n) is 5.35. The van der Waals surface area contributed by atoms with Crippen LogP contribution >= 0.6 is 15.9 Å². The lowest BCUT2D eigenvalue weighted by Gasteiger charge is -2.32. The summed E-state index contributed by atoms with van der Waals surface area (Å²) in [7, 11) is 3.45. The molecule has 8 heteroatoms. The van der Waals surface area contributed by atoms with Gasteiger partial charge in [0, 0.05) is 35.9 Å². The van der Waals surface area contributed by atoms with Crippen LogP contribution in [0.1, 0.15) is 12.8 Å². The molecule has 0 bridgehead atoms. The van der Waals surface area contributed by atoms with E-state index in [9.17, 15) is 4.79 Å². The maximum atomic E-state index is 13.1. The first-order valence-electron chi connectivity index (χ1n) is 9.81. The van der Waals surface area contributed by atoms with Gasteiger partial charge in [-0.1, -0.05) is 21.1 Å². The Morgan fingerprint density at radius 3 is 2.63 bits per heavy atom. The van der Waals surface area contributed by atoms with Gasteiger partial charge in [-0.05, 0) is 61.4 Å². The normalized spacial score (nSPS) is 16.4. The second kappa shape index (κ2) is 8.87. The second-order valence-electron chi connectivity index (χ2n) is 7.29. The van der Waals surface area contributed by atoms with Gasteiger partial charge in [0.25, 0.3) is 0 Å². The lowest BCUT2D eigenvalue weighted by molar-refractivity contribution is -0.122. The fourth-order valence-corrected chi connectivity index (χ4v) is 3.88. The Morgan fingerprint density at radius 2 is 1.93 bits per heavy atom. The van der Waals surface area contributed by atoms with Crippen LogP contribution in [0.5, 0.6) is 5.75 Å². The maximum Gasteiger partial charge on any atom is 0.324 e. The number of rotatable bonds is 5. The van der Waals surface area contributed by atoms with Gasteiger partial charge in [-0.15, -0.1) is 0 Å². The molecule has 7 nitrogen and oxygen atoms in total. The van der Waals surface area contributed by atoms with Crippen molar-refractivity contribution in [1.29, 1.82) is 0 Å². The molecule has 1 aliphatic rings. The van der Waals surface area contributed by atoms with Crippen LogP contribution in [0, 0.1) is 5.92 Å². The van der Waals surface area contributed by atoms with E-state index >= 15 is 0 Å². The molecule has 2 aromatic carbocycles. The smallest absolute Gasteiger partial charge is 0.324 e. The van der Waals surface area contributed by atoms with E-state index in [1.807, 2.05) is 60.5 Å². The number of carbonyl (C=O) groups excluding carboxylic acids is 1. The summed E-state index contributed by atoms with van der Waals surface area (Å²) in [6, 6.07) is 15.7. The van der Waals surface area contributed by atoms with E-state index < -0.39 is 0 Å². The molecule has 1 atom stereocenters. The van der Waals surface area contributed by atoms with Crippen molar-refractivity contribution < 1.29 is 14.1 Å². The summed E-state index contributed by atoms with van der Waals surface area (Å²) in [5.41, 5.74) is 1.73. The fraction of sp³-hybridized carbons (Fsp3) is 0.318. The number of nitrogens with zero attached hydrogens (tertiary/aromatic N) is 4. The minimum atomic E-state index is -0.122. The predicted molar refractivity (Wildman–Crippen MR) is 119 cm³/mol. The van der Waals surface area contributed by atoms with E-state index in [1.54, 1.807) is 12.0 Å². The molecule has 1 aromatic heterocycles. The second-order valence-corrected chi connectivity index (χ2v) is 8.20. The largest absolute Gasteiger partial charge is 0.497 e. The van der Waals surface area contributed by atoms with E-state index in [0.717, 1.165) is 40.9 Å². The summed E-state index contributed by atoms with van der Waals surface area (Å²) >= 11 is 3.43. The van der Waals surface area contributed by atoms with Crippen LogP contribution in [0.2, 0.25) is 0 Å². The van der Waals surface area contributed by atoms with Crippen molar-refractivity contribution in [2.75, 3.05) is 37.0 Å². The van der Waals surface area contributed by atoms with Crippen molar-refractivity contribution in [3.63, 3.8) is 0 Å². The molecule has 3 aromatic rings. The molecule has 30 heavy (non-hydrogen) atoms. The molecule has 1 fully saturated rings. The minimum Gasteiger partial charge on any atom is -0.497 e. The highest BCUT2D eigenvalue weighted by Gasteiger charge is 2.30. The van der Waals surface area contributed by atoms with Gasteiger partial charge in [0.2, 0.25) is 11.7 Å². The summed E-state index contributed by atoms with van der Waals surface area (Å²) in [6.45, 7) is 1.35. The van der Waals surface area contributed by atoms with Crippen LogP contribution < -0.4 is 14.5 Å². The number of benzene rings is 2. The molecule has 0 radical (unpaired) electrons. The molecule has 0 N–H and O–H groups in total. The SMILES string of the molecule is COc1ccc(-c2noc(N3CCC[C@H](C(=O)N(C)c4ccc(Br)cc4)C3)n2)cc1. The summed E-state index contributed by atoms with van der Waals surface area (Å²) in [4.78, 5) is 21.3. The number of aromatic nitrogens is 2. The maximum absolute atomic E-state index is 13.1. The fourth-order valence-electron chi connectivity index (χ4n) is 3.62. The van der Waals surface area contributed by atoms with Crippen LogP contribution in [0.25, 0.3) is 11.4 Å². The Labute approximate surface area is 183 Å². The first-order valence-corrected chi connectivity index (χ1v) is 10.6. The Bertz CT molecular complexity index is 1000. The Kier molecular flexibility index (Phi) is 6.03. The number of ether oxygens (including phenoxy) is 1. The molecular weight excluding hydrogens is 448 g/mol. The van der Waals surface area contributed by atoms with Gasteiger partial charge >= 0.3 is 6.01 Å². The molecule has 1 saturated heterocycles. The molecule has 0 aliphatic carbocycles. The molecule has 0 spiro atoms. The molecule has 156 valence electrons. The van der Waals surface area contributed by atoms with Crippen molar-refractivity contribution in [1.82, 2.24) is 10.1 Å². The molecular formula is C22H23BrN4O3. The summed E-state index contributed by atoms with van der Waals surface area (Å²) in [6.07, 6.45) is 1.74. The standard InChI is InChI=1S/C22H23BrN4O3/c1-26(18-9-7-17(23)8-10-18)21(28)16-4-3-13-27(14-16)22-24-20(25-30-22)15-5-11-19(29-2)12-6-15/h5-12,16H,3-4,13-14H2,1-2H3/t16-/m0/s1. The molecule has 4 rings (SSSR count). The number of piperidine rings is 1. The number of halogens is 1. The Morgan fingerprint density at radius 1 is 1.20 bits per heavy atom. The third-order valence-corrected chi connectivity index (χ3v) is 5.88. The molecule has 1 amide bonds. The highest BCUT2D eigenvalue weighted by atomic mass is 79.9. The lowest BCUT2D eigenvalue weighted by Crippen LogP contribution is -2.44. The number of methoxy groups -OCH3 is 1. The van der Waals surface area contributed by atoms with Crippen LogP contribution in [-0.4, -0.2) is 43.3 Å². The third kappa shape index (κ3) is 4.33. The van der Waals surface area contributed by atoms with Crippen molar-refractivity contribution >= 4 is 33.5 Å².